The fourth-order valence-corrected chi connectivity index (χ4v) is 1.57. The summed E-state index contributed by atoms with van der Waals surface area (Å²) in [7, 11) is 1.54. The zero-order valence-corrected chi connectivity index (χ0v) is 10.6. The van der Waals surface area contributed by atoms with Crippen molar-refractivity contribution in [3.63, 3.8) is 0 Å². The molecule has 0 amide bonds. The number of anilines is 1. The third kappa shape index (κ3) is 3.61. The van der Waals surface area contributed by atoms with Crippen LogP contribution in [0.3, 0.4) is 0 Å². The van der Waals surface area contributed by atoms with Crippen molar-refractivity contribution in [3.8, 4) is 0 Å². The van der Waals surface area contributed by atoms with Crippen molar-refractivity contribution in [2.24, 2.45) is 0 Å². The van der Waals surface area contributed by atoms with Crippen molar-refractivity contribution < 1.29 is 14.6 Å². The molecule has 0 aromatic heterocycles. The Morgan fingerprint density at radius 2 is 2.18 bits per heavy atom. The Hall–Kier alpha value is -1.26. The number of methoxy groups -OCH3 is 1. The molecule has 0 fully saturated rings. The SMILES string of the molecule is COCCC(C)(Nc1ccccc1Cl)C(=O)O. The van der Waals surface area contributed by atoms with Crippen LogP contribution in [0.5, 0.6) is 0 Å². The van der Waals surface area contributed by atoms with Crippen molar-refractivity contribution in [1.82, 2.24) is 0 Å². The number of rotatable bonds is 6. The van der Waals surface area contributed by atoms with Crippen molar-refractivity contribution >= 4 is 23.3 Å². The number of halogens is 1. The van der Waals surface area contributed by atoms with Crippen LogP contribution in [0.15, 0.2) is 24.3 Å². The highest BCUT2D eigenvalue weighted by Gasteiger charge is 2.33. The predicted molar refractivity (Wildman–Crippen MR) is 67.6 cm³/mol. The molecule has 1 atom stereocenters. The second kappa shape index (κ2) is 5.89. The van der Waals surface area contributed by atoms with Crippen LogP contribution in [-0.2, 0) is 9.53 Å². The Balaban J connectivity index is 2.87. The van der Waals surface area contributed by atoms with Gasteiger partial charge in [0.25, 0.3) is 0 Å². The number of para-hydroxylation sites is 1. The van der Waals surface area contributed by atoms with E-state index in [1.165, 1.54) is 7.11 Å². The number of nitrogens with one attached hydrogen (secondary N) is 1. The van der Waals surface area contributed by atoms with E-state index in [1.54, 1.807) is 31.2 Å². The second-order valence-corrected chi connectivity index (χ2v) is 4.39. The van der Waals surface area contributed by atoms with Gasteiger partial charge in [-0.2, -0.15) is 0 Å². The Morgan fingerprint density at radius 3 is 2.71 bits per heavy atom. The molecule has 17 heavy (non-hydrogen) atoms. The third-order valence-electron chi connectivity index (χ3n) is 2.56. The van der Waals surface area contributed by atoms with E-state index in [-0.39, 0.29) is 0 Å². The number of hydrogen-bond acceptors (Lipinski definition) is 3. The minimum absolute atomic E-state index is 0.351. The summed E-state index contributed by atoms with van der Waals surface area (Å²) < 4.78 is 4.92. The second-order valence-electron chi connectivity index (χ2n) is 3.98. The van der Waals surface area contributed by atoms with E-state index in [4.69, 9.17) is 16.3 Å². The van der Waals surface area contributed by atoms with Crippen molar-refractivity contribution in [3.05, 3.63) is 29.3 Å². The Kier molecular flexibility index (Phi) is 4.78. The van der Waals surface area contributed by atoms with Crippen LogP contribution < -0.4 is 5.32 Å². The molecule has 2 N–H and O–H groups in total. The molecule has 0 spiro atoms. The van der Waals surface area contributed by atoms with E-state index in [2.05, 4.69) is 5.32 Å². The number of carboxylic acids is 1. The van der Waals surface area contributed by atoms with Crippen LogP contribution in [0.2, 0.25) is 5.02 Å². The van der Waals surface area contributed by atoms with Gasteiger partial charge in [0, 0.05) is 20.1 Å². The van der Waals surface area contributed by atoms with E-state index >= 15 is 0 Å². The lowest BCUT2D eigenvalue weighted by Crippen LogP contribution is -2.44. The van der Waals surface area contributed by atoms with Crippen molar-refractivity contribution in [1.29, 1.82) is 0 Å². The van der Waals surface area contributed by atoms with Gasteiger partial charge < -0.3 is 15.2 Å². The number of ether oxygens (including phenoxy) is 1. The van der Waals surface area contributed by atoms with E-state index in [0.717, 1.165) is 0 Å². The van der Waals surface area contributed by atoms with Crippen LogP contribution in [0, 0.1) is 0 Å². The fraction of sp³-hybridized carbons (Fsp3) is 0.417. The first-order valence-electron chi connectivity index (χ1n) is 5.24. The maximum Gasteiger partial charge on any atom is 0.329 e. The van der Waals surface area contributed by atoms with Gasteiger partial charge in [0.2, 0.25) is 0 Å². The highest BCUT2D eigenvalue weighted by atomic mass is 35.5. The minimum atomic E-state index is -1.10. The van der Waals surface area contributed by atoms with Gasteiger partial charge >= 0.3 is 5.97 Å². The molecule has 1 aromatic carbocycles. The van der Waals surface area contributed by atoms with E-state index in [9.17, 15) is 9.90 Å². The molecular formula is C12H16ClNO3. The largest absolute Gasteiger partial charge is 0.480 e. The van der Waals surface area contributed by atoms with E-state index < -0.39 is 11.5 Å². The Morgan fingerprint density at radius 1 is 1.53 bits per heavy atom. The summed E-state index contributed by atoms with van der Waals surface area (Å²) in [5.74, 6) is -0.936. The van der Waals surface area contributed by atoms with Gasteiger partial charge in [-0.25, -0.2) is 4.79 Å². The van der Waals surface area contributed by atoms with E-state index in [1.807, 2.05) is 0 Å². The first-order valence-corrected chi connectivity index (χ1v) is 5.62. The topological polar surface area (TPSA) is 58.6 Å². The first-order chi connectivity index (χ1) is 7.99. The molecule has 0 aliphatic carbocycles. The number of hydrogen-bond donors (Lipinski definition) is 2. The average Bonchev–Trinajstić information content (AvgIpc) is 2.29. The summed E-state index contributed by atoms with van der Waals surface area (Å²) in [6, 6.07) is 7.05. The van der Waals surface area contributed by atoms with Crippen LogP contribution in [0.1, 0.15) is 13.3 Å². The summed E-state index contributed by atoms with van der Waals surface area (Å²) in [5.41, 5.74) is -0.490. The molecule has 0 heterocycles. The zero-order chi connectivity index (χ0) is 12.9. The molecule has 0 bridgehead atoms. The van der Waals surface area contributed by atoms with Gasteiger partial charge in [-0.05, 0) is 19.1 Å². The Bertz CT molecular complexity index is 397. The molecule has 5 heteroatoms. The minimum Gasteiger partial charge on any atom is -0.480 e. The van der Waals surface area contributed by atoms with Gasteiger partial charge in [0.05, 0.1) is 10.7 Å². The van der Waals surface area contributed by atoms with Gasteiger partial charge in [0.15, 0.2) is 0 Å². The lowest BCUT2D eigenvalue weighted by Gasteiger charge is -2.27. The molecule has 0 radical (unpaired) electrons. The quantitative estimate of drug-likeness (QED) is 0.823. The summed E-state index contributed by atoms with van der Waals surface area (Å²) in [6.07, 6.45) is 0.351. The molecular weight excluding hydrogens is 242 g/mol. The molecule has 0 aliphatic rings. The van der Waals surface area contributed by atoms with Crippen molar-refractivity contribution in [2.45, 2.75) is 18.9 Å². The van der Waals surface area contributed by atoms with Crippen LogP contribution in [0.4, 0.5) is 5.69 Å². The molecule has 1 unspecified atom stereocenters. The van der Waals surface area contributed by atoms with Crippen LogP contribution >= 0.6 is 11.6 Å². The van der Waals surface area contributed by atoms with Gasteiger partial charge in [0.1, 0.15) is 5.54 Å². The van der Waals surface area contributed by atoms with Gasteiger partial charge in [-0.15, -0.1) is 0 Å². The van der Waals surface area contributed by atoms with E-state index in [0.29, 0.717) is 23.7 Å². The lowest BCUT2D eigenvalue weighted by molar-refractivity contribution is -0.142. The molecule has 4 nitrogen and oxygen atoms in total. The maximum absolute atomic E-state index is 11.3. The molecule has 1 aromatic rings. The molecule has 94 valence electrons. The summed E-state index contributed by atoms with van der Waals surface area (Å²) in [4.78, 5) is 11.3. The number of carbonyl (C=O) groups is 1. The summed E-state index contributed by atoms with van der Waals surface area (Å²) in [6.45, 7) is 1.97. The predicted octanol–water partition coefficient (Wildman–Crippen LogP) is 2.63. The van der Waals surface area contributed by atoms with Crippen molar-refractivity contribution in [2.75, 3.05) is 19.0 Å². The highest BCUT2D eigenvalue weighted by Crippen LogP contribution is 2.26. The standard InChI is InChI=1S/C12H16ClNO3/c1-12(11(15)16,7-8-17-2)14-10-6-4-3-5-9(10)13/h3-6,14H,7-8H2,1-2H3,(H,15,16). The summed E-state index contributed by atoms with van der Waals surface area (Å²) in [5, 5.41) is 12.7. The average molecular weight is 258 g/mol. The smallest absolute Gasteiger partial charge is 0.329 e. The normalized spacial score (nSPS) is 14.1. The molecule has 0 saturated carbocycles. The molecule has 0 aliphatic heterocycles. The monoisotopic (exact) mass is 257 g/mol. The lowest BCUT2D eigenvalue weighted by atomic mass is 9.98. The van der Waals surface area contributed by atoms with Crippen LogP contribution in [0.25, 0.3) is 0 Å². The van der Waals surface area contributed by atoms with Gasteiger partial charge in [-0.3, -0.25) is 0 Å². The number of aliphatic carboxylic acids is 1. The molecule has 0 saturated heterocycles. The third-order valence-corrected chi connectivity index (χ3v) is 2.89. The fourth-order valence-electron chi connectivity index (χ4n) is 1.39. The maximum atomic E-state index is 11.3. The summed E-state index contributed by atoms with van der Waals surface area (Å²) >= 11 is 5.98. The number of benzene rings is 1. The van der Waals surface area contributed by atoms with Crippen LogP contribution in [-0.4, -0.2) is 30.3 Å². The zero-order valence-electron chi connectivity index (χ0n) is 9.87. The van der Waals surface area contributed by atoms with Gasteiger partial charge in [-0.1, -0.05) is 23.7 Å². The number of carboxylic acid groups (broad SMARTS) is 1. The highest BCUT2D eigenvalue weighted by molar-refractivity contribution is 6.33. The first kappa shape index (κ1) is 13.8. The molecule has 1 rings (SSSR count). The Labute approximate surface area is 106 Å².